The zero-order chi connectivity index (χ0) is 18.8. The van der Waals surface area contributed by atoms with Crippen LogP contribution in [0.3, 0.4) is 0 Å². The smallest absolute Gasteiger partial charge is 0.193 e. The van der Waals surface area contributed by atoms with Crippen molar-refractivity contribution in [2.24, 2.45) is 10.9 Å². The second-order valence-corrected chi connectivity index (χ2v) is 6.97. The van der Waals surface area contributed by atoms with Gasteiger partial charge in [0.15, 0.2) is 5.96 Å². The van der Waals surface area contributed by atoms with Gasteiger partial charge >= 0.3 is 0 Å². The molecule has 1 aliphatic rings. The van der Waals surface area contributed by atoms with E-state index in [0.29, 0.717) is 18.6 Å². The Morgan fingerprint density at radius 2 is 1.96 bits per heavy atom. The van der Waals surface area contributed by atoms with Gasteiger partial charge in [0.1, 0.15) is 12.4 Å². The molecule has 1 fully saturated rings. The predicted molar refractivity (Wildman–Crippen MR) is 107 cm³/mol. The largest absolute Gasteiger partial charge is 0.492 e. The molecule has 0 saturated carbocycles. The topological polar surface area (TPSA) is 49.3 Å². The summed E-state index contributed by atoms with van der Waals surface area (Å²) in [7, 11) is 3.87. The molecule has 0 bridgehead atoms. The molecule has 0 aliphatic carbocycles. The molecule has 6 nitrogen and oxygen atoms in total. The van der Waals surface area contributed by atoms with Gasteiger partial charge in [-0.3, -0.25) is 9.89 Å². The molecule has 1 aliphatic heterocycles. The number of hydrogen-bond acceptors (Lipinski definition) is 4. The molecule has 1 aromatic carbocycles. The second-order valence-electron chi connectivity index (χ2n) is 6.97. The van der Waals surface area contributed by atoms with Crippen LogP contribution in [0.25, 0.3) is 0 Å². The summed E-state index contributed by atoms with van der Waals surface area (Å²) in [6.07, 6.45) is 0. The van der Waals surface area contributed by atoms with E-state index in [1.165, 1.54) is 0 Å². The lowest BCUT2D eigenvalue weighted by Crippen LogP contribution is -2.53. The Kier molecular flexibility index (Phi) is 8.71. The minimum Gasteiger partial charge on any atom is -0.492 e. The van der Waals surface area contributed by atoms with Gasteiger partial charge in [0.05, 0.1) is 19.8 Å². The van der Waals surface area contributed by atoms with Crippen LogP contribution in [0.1, 0.15) is 13.8 Å². The van der Waals surface area contributed by atoms with Gasteiger partial charge in [-0.1, -0.05) is 32.0 Å². The normalized spacial score (nSPS) is 17.2. The Hall–Kier alpha value is -1.79. The number of aliphatic imine (C=N–C) groups is 1. The lowest BCUT2D eigenvalue weighted by atomic mass is 10.0. The monoisotopic (exact) mass is 362 g/mol. The molecule has 146 valence electrons. The lowest BCUT2D eigenvalue weighted by Gasteiger charge is -2.37. The van der Waals surface area contributed by atoms with E-state index in [2.05, 4.69) is 34.0 Å². The number of likely N-dealkylation sites (N-methyl/N-ethyl adjacent to an activating group) is 1. The Morgan fingerprint density at radius 1 is 1.27 bits per heavy atom. The molecule has 26 heavy (non-hydrogen) atoms. The van der Waals surface area contributed by atoms with Gasteiger partial charge in [-0.15, -0.1) is 0 Å². The van der Waals surface area contributed by atoms with Crippen molar-refractivity contribution < 1.29 is 9.47 Å². The van der Waals surface area contributed by atoms with Crippen molar-refractivity contribution in [1.29, 1.82) is 0 Å². The summed E-state index contributed by atoms with van der Waals surface area (Å²) in [5.41, 5.74) is 0. The number of guanidine groups is 1. The van der Waals surface area contributed by atoms with Crippen LogP contribution in [0.15, 0.2) is 35.3 Å². The zero-order valence-electron chi connectivity index (χ0n) is 16.6. The molecule has 0 amide bonds. The summed E-state index contributed by atoms with van der Waals surface area (Å²) in [6.45, 7) is 10.5. The van der Waals surface area contributed by atoms with Crippen LogP contribution in [0.4, 0.5) is 0 Å². The van der Waals surface area contributed by atoms with Crippen molar-refractivity contribution in [2.75, 3.05) is 60.1 Å². The number of morpholine rings is 1. The summed E-state index contributed by atoms with van der Waals surface area (Å²) >= 11 is 0. The first-order valence-electron chi connectivity index (χ1n) is 9.53. The second kappa shape index (κ2) is 11.0. The molecular formula is C20H34N4O2. The molecule has 1 unspecified atom stereocenters. The predicted octanol–water partition coefficient (Wildman–Crippen LogP) is 1.93. The third-order valence-corrected chi connectivity index (χ3v) is 4.77. The lowest BCUT2D eigenvalue weighted by molar-refractivity contribution is 0.00741. The number of rotatable bonds is 8. The van der Waals surface area contributed by atoms with Gasteiger partial charge in [0.25, 0.3) is 0 Å². The maximum Gasteiger partial charge on any atom is 0.193 e. The number of ether oxygens (including phenoxy) is 2. The highest BCUT2D eigenvalue weighted by Gasteiger charge is 2.24. The summed E-state index contributed by atoms with van der Waals surface area (Å²) in [5, 5.41) is 3.53. The third kappa shape index (κ3) is 6.50. The van der Waals surface area contributed by atoms with Crippen molar-refractivity contribution in [1.82, 2.24) is 15.1 Å². The molecule has 1 atom stereocenters. The van der Waals surface area contributed by atoms with Crippen LogP contribution in [0.5, 0.6) is 5.75 Å². The van der Waals surface area contributed by atoms with Gasteiger partial charge in [-0.2, -0.15) is 0 Å². The molecule has 1 saturated heterocycles. The summed E-state index contributed by atoms with van der Waals surface area (Å²) in [4.78, 5) is 9.05. The first-order chi connectivity index (χ1) is 12.6. The van der Waals surface area contributed by atoms with Crippen LogP contribution >= 0.6 is 0 Å². The standard InChI is InChI=1S/C20H34N4O2/c1-17(2)19(24-11-13-25-14-12-24)16-22-20(21-3)23(4)10-15-26-18-8-6-5-7-9-18/h5-9,17,19H,10-16H2,1-4H3,(H,21,22). The Morgan fingerprint density at radius 3 is 2.58 bits per heavy atom. The summed E-state index contributed by atoms with van der Waals surface area (Å²) in [6, 6.07) is 10.4. The maximum absolute atomic E-state index is 5.78. The molecule has 0 spiro atoms. The third-order valence-electron chi connectivity index (χ3n) is 4.77. The van der Waals surface area contributed by atoms with E-state index in [4.69, 9.17) is 9.47 Å². The minimum absolute atomic E-state index is 0.476. The summed E-state index contributed by atoms with van der Waals surface area (Å²) in [5.74, 6) is 2.38. The van der Waals surface area contributed by atoms with Gasteiger partial charge in [-0.25, -0.2) is 0 Å². The number of benzene rings is 1. The van der Waals surface area contributed by atoms with E-state index in [1.54, 1.807) is 0 Å². The van der Waals surface area contributed by atoms with Gasteiger partial charge in [0, 0.05) is 39.8 Å². The van der Waals surface area contributed by atoms with Gasteiger partial charge < -0.3 is 19.7 Å². The van der Waals surface area contributed by atoms with Crippen molar-refractivity contribution in [3.63, 3.8) is 0 Å². The number of para-hydroxylation sites is 1. The first kappa shape index (κ1) is 20.5. The zero-order valence-corrected chi connectivity index (χ0v) is 16.6. The number of nitrogens with one attached hydrogen (secondary N) is 1. The number of nitrogens with zero attached hydrogens (tertiary/aromatic N) is 3. The molecule has 1 heterocycles. The number of hydrogen-bond donors (Lipinski definition) is 1. The SMILES string of the molecule is CN=C(NCC(C(C)C)N1CCOCC1)N(C)CCOc1ccccc1. The molecule has 1 aromatic rings. The summed E-state index contributed by atoms with van der Waals surface area (Å²) < 4.78 is 11.3. The van der Waals surface area contributed by atoms with Crippen molar-refractivity contribution >= 4 is 5.96 Å². The van der Waals surface area contributed by atoms with E-state index < -0.39 is 0 Å². The molecule has 2 rings (SSSR count). The molecule has 1 N–H and O–H groups in total. The van der Waals surface area contributed by atoms with Crippen LogP contribution < -0.4 is 10.1 Å². The minimum atomic E-state index is 0.476. The van der Waals surface area contributed by atoms with E-state index >= 15 is 0 Å². The quantitative estimate of drug-likeness (QED) is 0.566. The van der Waals surface area contributed by atoms with E-state index in [9.17, 15) is 0 Å². The van der Waals surface area contributed by atoms with Crippen molar-refractivity contribution in [3.8, 4) is 5.75 Å². The maximum atomic E-state index is 5.78. The highest BCUT2D eigenvalue weighted by molar-refractivity contribution is 5.79. The van der Waals surface area contributed by atoms with Crippen LogP contribution in [-0.2, 0) is 4.74 Å². The van der Waals surface area contributed by atoms with Crippen molar-refractivity contribution in [2.45, 2.75) is 19.9 Å². The average molecular weight is 363 g/mol. The first-order valence-corrected chi connectivity index (χ1v) is 9.53. The molecule has 6 heteroatoms. The van der Waals surface area contributed by atoms with E-state index in [1.807, 2.05) is 44.4 Å². The fourth-order valence-corrected chi connectivity index (χ4v) is 3.20. The fraction of sp³-hybridized carbons (Fsp3) is 0.650. The van der Waals surface area contributed by atoms with Crippen molar-refractivity contribution in [3.05, 3.63) is 30.3 Å². The van der Waals surface area contributed by atoms with E-state index in [-0.39, 0.29) is 0 Å². The van der Waals surface area contributed by atoms with Gasteiger partial charge in [0.2, 0.25) is 0 Å². The average Bonchev–Trinajstić information content (AvgIpc) is 2.66. The highest BCUT2D eigenvalue weighted by atomic mass is 16.5. The van der Waals surface area contributed by atoms with Gasteiger partial charge in [-0.05, 0) is 18.1 Å². The van der Waals surface area contributed by atoms with Crippen LogP contribution in [0.2, 0.25) is 0 Å². The Bertz CT molecular complexity index is 530. The van der Waals surface area contributed by atoms with E-state index in [0.717, 1.165) is 51.1 Å². The molecule has 0 radical (unpaired) electrons. The van der Waals surface area contributed by atoms with Crippen LogP contribution in [-0.4, -0.2) is 81.9 Å². The Balaban J connectivity index is 1.79. The van der Waals surface area contributed by atoms with Crippen LogP contribution in [0, 0.1) is 5.92 Å². The Labute approximate surface area is 158 Å². The molecule has 0 aromatic heterocycles. The highest BCUT2D eigenvalue weighted by Crippen LogP contribution is 2.12. The fourth-order valence-electron chi connectivity index (χ4n) is 3.20. The molecular weight excluding hydrogens is 328 g/mol.